The molecule has 0 unspecified atom stereocenters. The fraction of sp³-hybridized carbons (Fsp3) is 0.0909. The second-order valence-corrected chi connectivity index (χ2v) is 4.23. The summed E-state index contributed by atoms with van der Waals surface area (Å²) in [4.78, 5) is 0. The first kappa shape index (κ1) is 14.0. The normalized spacial score (nSPS) is 10.2. The summed E-state index contributed by atoms with van der Waals surface area (Å²) in [6.07, 6.45) is 3.22. The van der Waals surface area contributed by atoms with Crippen molar-refractivity contribution in [1.82, 2.24) is 10.7 Å². The third-order valence-electron chi connectivity index (χ3n) is 1.77. The van der Waals surface area contributed by atoms with Crippen LogP contribution in [0.5, 0.6) is 0 Å². The van der Waals surface area contributed by atoms with Crippen molar-refractivity contribution in [2.45, 2.75) is 0 Å². The largest absolute Gasteiger partial charge is 0.358 e. The molecule has 0 spiro atoms. The van der Waals surface area contributed by atoms with E-state index in [1.807, 2.05) is 0 Å². The zero-order valence-electron chi connectivity index (χ0n) is 8.91. The van der Waals surface area contributed by atoms with Gasteiger partial charge in [-0.05, 0) is 24.4 Å². The van der Waals surface area contributed by atoms with E-state index in [2.05, 4.69) is 22.4 Å². The molecule has 1 aromatic carbocycles. The number of nitrogens with zero attached hydrogens (tertiary/aromatic N) is 1. The minimum absolute atomic E-state index is 0.407. The van der Waals surface area contributed by atoms with Crippen molar-refractivity contribution in [3.05, 3.63) is 46.5 Å². The van der Waals surface area contributed by atoms with E-state index in [1.54, 1.807) is 24.3 Å². The molecule has 0 aliphatic heterocycles. The van der Waals surface area contributed by atoms with Gasteiger partial charge in [0, 0.05) is 12.1 Å². The lowest BCUT2D eigenvalue weighted by molar-refractivity contribution is 0.942. The molecule has 0 aromatic heterocycles. The van der Waals surface area contributed by atoms with Crippen LogP contribution in [-0.4, -0.2) is 17.9 Å². The number of thiocarbonyl (C=S) groups is 1. The molecule has 0 fully saturated rings. The van der Waals surface area contributed by atoms with Gasteiger partial charge in [0.1, 0.15) is 0 Å². The molecule has 1 aromatic rings. The summed E-state index contributed by atoms with van der Waals surface area (Å²) in [7, 11) is 0. The minimum Gasteiger partial charge on any atom is -0.358 e. The molecule has 0 saturated carbocycles. The van der Waals surface area contributed by atoms with Crippen molar-refractivity contribution in [3.8, 4) is 0 Å². The van der Waals surface area contributed by atoms with Crippen LogP contribution >= 0.6 is 35.4 Å². The standard InChI is InChI=1S/C11H11Cl2N3S/c1-2-6-14-11(17)16-15-7-8-9(12)4-3-5-10(8)13/h2-5,7H,1,6H2,(H2,14,16,17)/b15-7-. The fourth-order valence-corrected chi connectivity index (χ4v) is 1.62. The predicted molar refractivity (Wildman–Crippen MR) is 78.0 cm³/mol. The first-order valence-corrected chi connectivity index (χ1v) is 5.93. The second kappa shape index (κ2) is 7.27. The molecule has 0 saturated heterocycles. The fourth-order valence-electron chi connectivity index (χ4n) is 0.994. The van der Waals surface area contributed by atoms with E-state index < -0.39 is 0 Å². The maximum Gasteiger partial charge on any atom is 0.187 e. The topological polar surface area (TPSA) is 36.4 Å². The summed E-state index contributed by atoms with van der Waals surface area (Å²) >= 11 is 16.9. The molecule has 0 heterocycles. The van der Waals surface area contributed by atoms with Gasteiger partial charge < -0.3 is 5.32 Å². The first-order chi connectivity index (χ1) is 8.15. The lowest BCUT2D eigenvalue weighted by atomic mass is 10.2. The molecule has 0 atom stereocenters. The van der Waals surface area contributed by atoms with Crippen LogP contribution in [-0.2, 0) is 0 Å². The highest BCUT2D eigenvalue weighted by atomic mass is 35.5. The van der Waals surface area contributed by atoms with Crippen LogP contribution < -0.4 is 10.7 Å². The van der Waals surface area contributed by atoms with Gasteiger partial charge in [0.15, 0.2) is 5.11 Å². The van der Waals surface area contributed by atoms with E-state index in [9.17, 15) is 0 Å². The Morgan fingerprint density at radius 3 is 2.65 bits per heavy atom. The number of hydrogen-bond acceptors (Lipinski definition) is 2. The molecule has 2 N–H and O–H groups in total. The van der Waals surface area contributed by atoms with Gasteiger partial charge in [0.05, 0.1) is 16.3 Å². The van der Waals surface area contributed by atoms with Crippen LogP contribution in [0.4, 0.5) is 0 Å². The Morgan fingerprint density at radius 1 is 1.41 bits per heavy atom. The molecule has 90 valence electrons. The van der Waals surface area contributed by atoms with Gasteiger partial charge in [-0.3, -0.25) is 5.43 Å². The molecular formula is C11H11Cl2N3S. The average molecular weight is 288 g/mol. The van der Waals surface area contributed by atoms with Crippen LogP contribution in [0, 0.1) is 0 Å². The van der Waals surface area contributed by atoms with Crippen LogP contribution in [0.3, 0.4) is 0 Å². The Hall–Kier alpha value is -1.10. The van der Waals surface area contributed by atoms with Gasteiger partial charge >= 0.3 is 0 Å². The predicted octanol–water partition coefficient (Wildman–Crippen LogP) is 2.98. The highest BCUT2D eigenvalue weighted by Gasteiger charge is 2.01. The highest BCUT2D eigenvalue weighted by Crippen LogP contribution is 2.21. The zero-order valence-corrected chi connectivity index (χ0v) is 11.2. The van der Waals surface area contributed by atoms with Gasteiger partial charge in [-0.1, -0.05) is 35.3 Å². The molecule has 0 amide bonds. The summed E-state index contributed by atoms with van der Waals surface area (Å²) < 4.78 is 0. The van der Waals surface area contributed by atoms with E-state index in [-0.39, 0.29) is 0 Å². The van der Waals surface area contributed by atoms with Gasteiger partial charge in [0.2, 0.25) is 0 Å². The maximum absolute atomic E-state index is 5.96. The number of benzene rings is 1. The van der Waals surface area contributed by atoms with Crippen LogP contribution in [0.25, 0.3) is 0 Å². The smallest absolute Gasteiger partial charge is 0.187 e. The quantitative estimate of drug-likeness (QED) is 0.387. The van der Waals surface area contributed by atoms with Crippen molar-refractivity contribution in [2.75, 3.05) is 6.54 Å². The Morgan fingerprint density at radius 2 is 2.06 bits per heavy atom. The molecule has 0 bridgehead atoms. The summed E-state index contributed by atoms with van der Waals surface area (Å²) in [5.74, 6) is 0. The lowest BCUT2D eigenvalue weighted by Crippen LogP contribution is -2.31. The van der Waals surface area contributed by atoms with Gasteiger partial charge in [-0.2, -0.15) is 5.10 Å². The van der Waals surface area contributed by atoms with Gasteiger partial charge in [-0.15, -0.1) is 6.58 Å². The number of hydrazone groups is 1. The highest BCUT2D eigenvalue weighted by molar-refractivity contribution is 7.80. The number of nitrogens with one attached hydrogen (secondary N) is 2. The van der Waals surface area contributed by atoms with Gasteiger partial charge in [0.25, 0.3) is 0 Å². The Bertz CT molecular complexity index is 426. The molecule has 3 nitrogen and oxygen atoms in total. The molecule has 0 radical (unpaired) electrons. The van der Waals surface area contributed by atoms with Crippen molar-refractivity contribution >= 4 is 46.7 Å². The van der Waals surface area contributed by atoms with E-state index in [0.717, 1.165) is 0 Å². The Balaban J connectivity index is 2.59. The molecule has 0 aliphatic rings. The zero-order chi connectivity index (χ0) is 12.7. The summed E-state index contributed by atoms with van der Waals surface area (Å²) in [6, 6.07) is 5.25. The average Bonchev–Trinajstić information content (AvgIpc) is 2.30. The lowest BCUT2D eigenvalue weighted by Gasteiger charge is -2.04. The van der Waals surface area contributed by atoms with Crippen LogP contribution in [0.2, 0.25) is 10.0 Å². The second-order valence-electron chi connectivity index (χ2n) is 3.00. The Kier molecular flexibility index (Phi) is 5.97. The van der Waals surface area contributed by atoms with E-state index in [1.165, 1.54) is 6.21 Å². The van der Waals surface area contributed by atoms with E-state index in [0.29, 0.717) is 27.3 Å². The third kappa shape index (κ3) is 4.73. The summed E-state index contributed by atoms with van der Waals surface area (Å²) in [5.41, 5.74) is 3.29. The van der Waals surface area contributed by atoms with E-state index in [4.69, 9.17) is 35.4 Å². The Labute approximate surface area is 115 Å². The van der Waals surface area contributed by atoms with Crippen molar-refractivity contribution in [2.24, 2.45) is 5.10 Å². The third-order valence-corrected chi connectivity index (χ3v) is 2.66. The monoisotopic (exact) mass is 287 g/mol. The molecule has 17 heavy (non-hydrogen) atoms. The van der Waals surface area contributed by atoms with Crippen molar-refractivity contribution in [3.63, 3.8) is 0 Å². The van der Waals surface area contributed by atoms with Gasteiger partial charge in [-0.25, -0.2) is 0 Å². The molecule has 0 aliphatic carbocycles. The molecule has 1 rings (SSSR count). The number of rotatable bonds is 4. The van der Waals surface area contributed by atoms with Crippen molar-refractivity contribution < 1.29 is 0 Å². The molecular weight excluding hydrogens is 277 g/mol. The SMILES string of the molecule is C=CCNC(=S)N/N=C\c1c(Cl)cccc1Cl. The minimum atomic E-state index is 0.407. The van der Waals surface area contributed by atoms with Crippen LogP contribution in [0.15, 0.2) is 36.0 Å². The summed E-state index contributed by atoms with van der Waals surface area (Å²) in [5, 5.41) is 8.28. The number of hydrogen-bond donors (Lipinski definition) is 2. The van der Waals surface area contributed by atoms with Crippen LogP contribution in [0.1, 0.15) is 5.56 Å². The number of halogens is 2. The first-order valence-electron chi connectivity index (χ1n) is 4.77. The van der Waals surface area contributed by atoms with E-state index >= 15 is 0 Å². The maximum atomic E-state index is 5.96. The van der Waals surface area contributed by atoms with Crippen molar-refractivity contribution in [1.29, 1.82) is 0 Å². The summed E-state index contributed by atoms with van der Waals surface area (Å²) in [6.45, 7) is 4.14. The molecule has 6 heteroatoms.